The third-order valence-electron chi connectivity index (χ3n) is 3.14. The van der Waals surface area contributed by atoms with Gasteiger partial charge in [0.05, 0.1) is 18.5 Å². The zero-order chi connectivity index (χ0) is 14.5. The Bertz CT molecular complexity index is 607. The number of nitro groups is 1. The highest BCUT2D eigenvalue weighted by Gasteiger charge is 2.09. The Kier molecular flexibility index (Phi) is 4.34. The lowest BCUT2D eigenvalue weighted by Gasteiger charge is -2.06. The molecule has 6 nitrogen and oxygen atoms in total. The molecule has 1 N–H and O–H groups in total. The zero-order valence-electron chi connectivity index (χ0n) is 11.7. The van der Waals surface area contributed by atoms with Crippen molar-refractivity contribution in [1.29, 1.82) is 0 Å². The zero-order valence-corrected chi connectivity index (χ0v) is 11.7. The number of nitro benzene ring substituents is 1. The lowest BCUT2D eigenvalue weighted by Crippen LogP contribution is -2.23. The molecule has 6 heteroatoms. The van der Waals surface area contributed by atoms with E-state index in [9.17, 15) is 10.1 Å². The van der Waals surface area contributed by atoms with E-state index in [0.29, 0.717) is 5.56 Å². The van der Waals surface area contributed by atoms with E-state index in [0.717, 1.165) is 25.2 Å². The van der Waals surface area contributed by atoms with Crippen LogP contribution in [0.3, 0.4) is 0 Å². The van der Waals surface area contributed by atoms with Crippen LogP contribution >= 0.6 is 0 Å². The number of hydrogen-bond acceptors (Lipinski definition) is 3. The molecule has 0 bridgehead atoms. The van der Waals surface area contributed by atoms with E-state index in [1.807, 2.05) is 36.4 Å². The topological polar surface area (TPSA) is 64.0 Å². The van der Waals surface area contributed by atoms with Crippen molar-refractivity contribution in [1.82, 2.24) is 4.57 Å². The number of nitrogens with one attached hydrogen (secondary N) is 1. The van der Waals surface area contributed by atoms with E-state index < -0.39 is 0 Å². The molecule has 0 fully saturated rings. The predicted molar refractivity (Wildman–Crippen MR) is 76.5 cm³/mol. The molecule has 1 aromatic carbocycles. The molecule has 0 aliphatic rings. The van der Waals surface area contributed by atoms with Gasteiger partial charge >= 0.3 is 0 Å². The Labute approximate surface area is 117 Å². The lowest BCUT2D eigenvalue weighted by molar-refractivity contribution is -0.671. The summed E-state index contributed by atoms with van der Waals surface area (Å²) in [5.74, 6) is 0. The van der Waals surface area contributed by atoms with Crippen molar-refractivity contribution in [3.63, 3.8) is 0 Å². The van der Waals surface area contributed by atoms with Gasteiger partial charge in [0.1, 0.15) is 12.4 Å². The third kappa shape index (κ3) is 3.57. The summed E-state index contributed by atoms with van der Waals surface area (Å²) in [5.41, 5.74) is 1.76. The van der Waals surface area contributed by atoms with Crippen LogP contribution in [0.4, 0.5) is 11.4 Å². The van der Waals surface area contributed by atoms with Gasteiger partial charge in [0.25, 0.3) is 5.69 Å². The Morgan fingerprint density at radius 2 is 2.25 bits per heavy atom. The molecule has 0 aliphatic heterocycles. The molecular weight excluding hydrogens is 256 g/mol. The summed E-state index contributed by atoms with van der Waals surface area (Å²) >= 11 is 0. The molecule has 2 aromatic rings. The Morgan fingerprint density at radius 1 is 1.45 bits per heavy atom. The molecule has 0 spiro atoms. The number of anilines is 1. The fourth-order valence-electron chi connectivity index (χ4n) is 2.10. The van der Waals surface area contributed by atoms with Crippen molar-refractivity contribution < 1.29 is 9.49 Å². The lowest BCUT2D eigenvalue weighted by atomic mass is 10.2. The minimum absolute atomic E-state index is 0.162. The van der Waals surface area contributed by atoms with E-state index in [1.165, 1.54) is 0 Å². The smallest absolute Gasteiger partial charge is 0.272 e. The van der Waals surface area contributed by atoms with Crippen LogP contribution in [0.5, 0.6) is 0 Å². The van der Waals surface area contributed by atoms with Gasteiger partial charge in [-0.25, -0.2) is 9.13 Å². The first-order valence-electron chi connectivity index (χ1n) is 6.56. The van der Waals surface area contributed by atoms with Crippen LogP contribution in [0.15, 0.2) is 36.9 Å². The van der Waals surface area contributed by atoms with Gasteiger partial charge in [0, 0.05) is 30.3 Å². The molecule has 2 rings (SSSR count). The van der Waals surface area contributed by atoms with Crippen LogP contribution in [-0.2, 0) is 13.6 Å². The maximum Gasteiger partial charge on any atom is 0.272 e. The van der Waals surface area contributed by atoms with Crippen molar-refractivity contribution in [3.05, 3.63) is 52.6 Å². The molecule has 1 heterocycles. The van der Waals surface area contributed by atoms with Crippen LogP contribution < -0.4 is 9.88 Å². The average Bonchev–Trinajstić information content (AvgIpc) is 2.80. The second-order valence-electron chi connectivity index (χ2n) is 4.86. The highest BCUT2D eigenvalue weighted by molar-refractivity contribution is 5.53. The van der Waals surface area contributed by atoms with E-state index in [4.69, 9.17) is 0 Å². The summed E-state index contributed by atoms with van der Waals surface area (Å²) < 4.78 is 4.13. The SMILES string of the molecule is Cc1cc(NCCCn2cc[n+](C)c2)ccc1[N+](=O)[O-]. The van der Waals surface area contributed by atoms with Crippen molar-refractivity contribution in [3.8, 4) is 0 Å². The van der Waals surface area contributed by atoms with Crippen molar-refractivity contribution in [2.75, 3.05) is 11.9 Å². The quantitative estimate of drug-likeness (QED) is 0.380. The summed E-state index contributed by atoms with van der Waals surface area (Å²) in [6, 6.07) is 5.11. The van der Waals surface area contributed by atoms with Gasteiger partial charge in [-0.05, 0) is 19.1 Å². The van der Waals surface area contributed by atoms with Gasteiger partial charge in [-0.15, -0.1) is 0 Å². The molecule has 20 heavy (non-hydrogen) atoms. The molecule has 0 saturated heterocycles. The fourth-order valence-corrected chi connectivity index (χ4v) is 2.10. The first-order valence-corrected chi connectivity index (χ1v) is 6.56. The van der Waals surface area contributed by atoms with Gasteiger partial charge in [0.2, 0.25) is 6.33 Å². The van der Waals surface area contributed by atoms with Crippen LogP contribution in [0.25, 0.3) is 0 Å². The minimum Gasteiger partial charge on any atom is -0.385 e. The van der Waals surface area contributed by atoms with Crippen LogP contribution in [0.2, 0.25) is 0 Å². The van der Waals surface area contributed by atoms with Crippen LogP contribution in [-0.4, -0.2) is 16.0 Å². The summed E-state index contributed by atoms with van der Waals surface area (Å²) in [6.45, 7) is 3.53. The highest BCUT2D eigenvalue weighted by atomic mass is 16.6. The van der Waals surface area contributed by atoms with Gasteiger partial charge in [-0.2, -0.15) is 0 Å². The minimum atomic E-state index is -0.356. The van der Waals surface area contributed by atoms with Gasteiger partial charge < -0.3 is 5.32 Å². The van der Waals surface area contributed by atoms with Gasteiger partial charge in [-0.1, -0.05) is 0 Å². The van der Waals surface area contributed by atoms with Crippen LogP contribution in [0.1, 0.15) is 12.0 Å². The van der Waals surface area contributed by atoms with Gasteiger partial charge in [0.15, 0.2) is 0 Å². The summed E-state index contributed by atoms with van der Waals surface area (Å²) in [7, 11) is 1.99. The highest BCUT2D eigenvalue weighted by Crippen LogP contribution is 2.21. The molecule has 106 valence electrons. The molecule has 0 unspecified atom stereocenters. The fraction of sp³-hybridized carbons (Fsp3) is 0.357. The largest absolute Gasteiger partial charge is 0.385 e. The number of imidazole rings is 1. The normalized spacial score (nSPS) is 10.5. The third-order valence-corrected chi connectivity index (χ3v) is 3.14. The van der Waals surface area contributed by atoms with E-state index in [-0.39, 0.29) is 10.6 Å². The number of nitrogens with zero attached hydrogens (tertiary/aromatic N) is 3. The average molecular weight is 275 g/mol. The number of aryl methyl sites for hydroxylation is 3. The summed E-state index contributed by atoms with van der Waals surface area (Å²) in [5, 5.41) is 14.0. The molecule has 0 atom stereocenters. The summed E-state index contributed by atoms with van der Waals surface area (Å²) in [4.78, 5) is 10.4. The molecular formula is C14H19N4O2+. The molecule has 0 aliphatic carbocycles. The second kappa shape index (κ2) is 6.18. The van der Waals surface area contributed by atoms with E-state index in [2.05, 4.69) is 9.88 Å². The van der Waals surface area contributed by atoms with Gasteiger partial charge in [-0.3, -0.25) is 10.1 Å². The van der Waals surface area contributed by atoms with Crippen molar-refractivity contribution in [2.45, 2.75) is 19.9 Å². The Balaban J connectivity index is 1.82. The summed E-state index contributed by atoms with van der Waals surface area (Å²) in [6.07, 6.45) is 7.07. The number of aromatic nitrogens is 2. The first-order chi connectivity index (χ1) is 9.56. The maximum atomic E-state index is 10.7. The van der Waals surface area contributed by atoms with E-state index >= 15 is 0 Å². The maximum absolute atomic E-state index is 10.7. The number of benzene rings is 1. The number of rotatable bonds is 6. The van der Waals surface area contributed by atoms with E-state index in [1.54, 1.807) is 19.1 Å². The standard InChI is InChI=1S/C14H19N4O2/c1-12-10-13(4-5-14(12)18(19)20)15-6-3-7-17-9-8-16(2)11-17/h4-5,8-11,15H,3,6-7H2,1-2H3/q+1. The van der Waals surface area contributed by atoms with Crippen LogP contribution in [0, 0.1) is 17.0 Å². The molecule has 1 aromatic heterocycles. The first kappa shape index (κ1) is 14.0. The second-order valence-corrected chi connectivity index (χ2v) is 4.86. The Morgan fingerprint density at radius 3 is 2.85 bits per heavy atom. The Hall–Kier alpha value is -2.37. The molecule has 0 saturated carbocycles. The predicted octanol–water partition coefficient (Wildman–Crippen LogP) is 2.03. The monoisotopic (exact) mass is 275 g/mol. The molecule has 0 amide bonds. The number of hydrogen-bond donors (Lipinski definition) is 1. The van der Waals surface area contributed by atoms with Crippen molar-refractivity contribution in [2.24, 2.45) is 7.05 Å². The molecule has 0 radical (unpaired) electrons. The van der Waals surface area contributed by atoms with Crippen molar-refractivity contribution >= 4 is 11.4 Å².